The normalized spacial score (nSPS) is 10.1. The van der Waals surface area contributed by atoms with Crippen LogP contribution in [0.3, 0.4) is 0 Å². The van der Waals surface area contributed by atoms with Crippen LogP contribution in [-0.2, 0) is 6.54 Å². The summed E-state index contributed by atoms with van der Waals surface area (Å²) in [5.41, 5.74) is 6.56. The highest BCUT2D eigenvalue weighted by molar-refractivity contribution is 6.28. The Hall–Kier alpha value is -2.14. The minimum absolute atomic E-state index is 0.368. The van der Waals surface area contributed by atoms with Gasteiger partial charge in [0.05, 0.1) is 6.54 Å². The second kappa shape index (κ2) is 5.46. The Kier molecular flexibility index (Phi) is 3.74. The lowest BCUT2D eigenvalue weighted by Gasteiger charge is -2.06. The van der Waals surface area contributed by atoms with Crippen LogP contribution < -0.4 is 16.4 Å². The molecule has 0 fully saturated rings. The first-order chi connectivity index (χ1) is 8.63. The van der Waals surface area contributed by atoms with Gasteiger partial charge in [-0.2, -0.15) is 0 Å². The van der Waals surface area contributed by atoms with Gasteiger partial charge in [0.2, 0.25) is 0 Å². The maximum Gasteiger partial charge on any atom is 0.316 e. The number of carbonyl (C=O) groups is 1. The third-order valence-corrected chi connectivity index (χ3v) is 2.45. The lowest BCUT2D eigenvalue weighted by Crippen LogP contribution is -2.19. The summed E-state index contributed by atoms with van der Waals surface area (Å²) in [7, 11) is 0. The maximum absolute atomic E-state index is 10.6. The summed E-state index contributed by atoms with van der Waals surface area (Å²) in [5.74, 6) is 0.749. The van der Waals surface area contributed by atoms with E-state index in [0.717, 1.165) is 11.4 Å². The number of furan rings is 1. The number of primary amides is 1. The summed E-state index contributed by atoms with van der Waals surface area (Å²) in [4.78, 5) is 10.6. The first-order valence-electron chi connectivity index (χ1n) is 5.28. The highest BCUT2D eigenvalue weighted by Gasteiger charge is 2.00. The maximum atomic E-state index is 10.6. The van der Waals surface area contributed by atoms with E-state index in [4.69, 9.17) is 21.8 Å². The van der Waals surface area contributed by atoms with Gasteiger partial charge in [0.25, 0.3) is 0 Å². The molecule has 0 aliphatic rings. The Bertz CT molecular complexity index is 537. The highest BCUT2D eigenvalue weighted by atomic mass is 35.5. The van der Waals surface area contributed by atoms with Crippen molar-refractivity contribution in [3.05, 3.63) is 47.4 Å². The number of halogens is 1. The number of amides is 2. The molecule has 5 nitrogen and oxygen atoms in total. The van der Waals surface area contributed by atoms with Crippen molar-refractivity contribution in [2.24, 2.45) is 5.73 Å². The van der Waals surface area contributed by atoms with E-state index in [1.54, 1.807) is 24.3 Å². The monoisotopic (exact) mass is 265 g/mol. The largest absolute Gasteiger partial charge is 0.448 e. The molecule has 94 valence electrons. The third kappa shape index (κ3) is 3.43. The molecule has 0 atom stereocenters. The number of hydrogen-bond acceptors (Lipinski definition) is 3. The molecular weight excluding hydrogens is 254 g/mol. The summed E-state index contributed by atoms with van der Waals surface area (Å²) in [6.45, 7) is 0.537. The van der Waals surface area contributed by atoms with Crippen molar-refractivity contribution >= 4 is 29.0 Å². The van der Waals surface area contributed by atoms with E-state index in [-0.39, 0.29) is 0 Å². The summed E-state index contributed by atoms with van der Waals surface area (Å²) < 4.78 is 5.21. The van der Waals surface area contributed by atoms with Gasteiger partial charge in [-0.25, -0.2) is 4.79 Å². The first-order valence-corrected chi connectivity index (χ1v) is 5.66. The average Bonchev–Trinajstić information content (AvgIpc) is 2.74. The van der Waals surface area contributed by atoms with Gasteiger partial charge in [-0.15, -0.1) is 0 Å². The van der Waals surface area contributed by atoms with Crippen LogP contribution in [0.5, 0.6) is 0 Å². The molecule has 18 heavy (non-hydrogen) atoms. The van der Waals surface area contributed by atoms with E-state index in [0.29, 0.717) is 17.5 Å². The van der Waals surface area contributed by atoms with E-state index in [2.05, 4.69) is 10.6 Å². The Morgan fingerprint density at radius 3 is 2.39 bits per heavy atom. The molecule has 6 heteroatoms. The molecule has 2 amide bonds. The average molecular weight is 266 g/mol. The van der Waals surface area contributed by atoms with Crippen molar-refractivity contribution in [2.45, 2.75) is 6.54 Å². The van der Waals surface area contributed by atoms with E-state index >= 15 is 0 Å². The molecule has 1 aromatic heterocycles. The smallest absolute Gasteiger partial charge is 0.316 e. The summed E-state index contributed by atoms with van der Waals surface area (Å²) >= 11 is 5.66. The molecule has 1 heterocycles. The number of anilines is 2. The fraction of sp³-hybridized carbons (Fsp3) is 0.0833. The lowest BCUT2D eigenvalue weighted by atomic mass is 10.2. The lowest BCUT2D eigenvalue weighted by molar-refractivity contribution is 0.259. The molecule has 0 unspecified atom stereocenters. The molecule has 1 aromatic carbocycles. The number of rotatable bonds is 4. The first kappa shape index (κ1) is 12.3. The third-order valence-electron chi connectivity index (χ3n) is 2.25. The second-order valence-electron chi connectivity index (χ2n) is 3.63. The SMILES string of the molecule is NC(=O)Nc1ccc(NCc2ccc(Cl)o2)cc1. The summed E-state index contributed by atoms with van der Waals surface area (Å²) in [5, 5.41) is 6.01. The molecule has 0 aliphatic carbocycles. The van der Waals surface area contributed by atoms with Crippen LogP contribution in [0.2, 0.25) is 5.22 Å². The number of carbonyl (C=O) groups excluding carboxylic acids is 1. The molecule has 0 aliphatic heterocycles. The van der Waals surface area contributed by atoms with Gasteiger partial charge in [0, 0.05) is 11.4 Å². The predicted octanol–water partition coefficient (Wildman–Crippen LogP) is 3.04. The van der Waals surface area contributed by atoms with Crippen LogP contribution in [0, 0.1) is 0 Å². The van der Waals surface area contributed by atoms with Crippen molar-refractivity contribution in [2.75, 3.05) is 10.6 Å². The van der Waals surface area contributed by atoms with Gasteiger partial charge in [-0.3, -0.25) is 0 Å². The van der Waals surface area contributed by atoms with E-state index in [9.17, 15) is 4.79 Å². The van der Waals surface area contributed by atoms with Crippen molar-refractivity contribution < 1.29 is 9.21 Å². The van der Waals surface area contributed by atoms with Gasteiger partial charge in [-0.1, -0.05) is 0 Å². The molecule has 2 aromatic rings. The minimum atomic E-state index is -0.582. The second-order valence-corrected chi connectivity index (χ2v) is 4.00. The summed E-state index contributed by atoms with van der Waals surface area (Å²) in [6, 6.07) is 10.1. The zero-order valence-corrected chi connectivity index (χ0v) is 10.2. The highest BCUT2D eigenvalue weighted by Crippen LogP contribution is 2.17. The number of urea groups is 1. The Morgan fingerprint density at radius 1 is 1.17 bits per heavy atom. The van der Waals surface area contributed by atoms with Gasteiger partial charge in [-0.05, 0) is 48.0 Å². The van der Waals surface area contributed by atoms with Crippen LogP contribution in [0.1, 0.15) is 5.76 Å². The quantitative estimate of drug-likeness (QED) is 0.795. The van der Waals surface area contributed by atoms with Crippen molar-refractivity contribution in [1.82, 2.24) is 0 Å². The van der Waals surface area contributed by atoms with E-state index in [1.165, 1.54) is 0 Å². The van der Waals surface area contributed by atoms with Gasteiger partial charge in [0.1, 0.15) is 5.76 Å². The van der Waals surface area contributed by atoms with Crippen LogP contribution in [-0.4, -0.2) is 6.03 Å². The zero-order valence-electron chi connectivity index (χ0n) is 9.44. The van der Waals surface area contributed by atoms with Crippen LogP contribution in [0.15, 0.2) is 40.8 Å². The Balaban J connectivity index is 1.92. The number of benzene rings is 1. The standard InChI is InChI=1S/C12H12ClN3O2/c13-11-6-5-10(18-11)7-15-8-1-3-9(4-2-8)16-12(14)17/h1-6,15H,7H2,(H3,14,16,17). The molecule has 2 rings (SSSR count). The van der Waals surface area contributed by atoms with Gasteiger partial charge < -0.3 is 20.8 Å². The van der Waals surface area contributed by atoms with Crippen LogP contribution in [0.25, 0.3) is 0 Å². The van der Waals surface area contributed by atoms with E-state index < -0.39 is 6.03 Å². The van der Waals surface area contributed by atoms with Gasteiger partial charge >= 0.3 is 6.03 Å². The molecule has 0 saturated heterocycles. The molecule has 0 saturated carbocycles. The zero-order chi connectivity index (χ0) is 13.0. The minimum Gasteiger partial charge on any atom is -0.448 e. The molecular formula is C12H12ClN3O2. The van der Waals surface area contributed by atoms with Crippen LogP contribution >= 0.6 is 11.6 Å². The van der Waals surface area contributed by atoms with Crippen molar-refractivity contribution in [3.63, 3.8) is 0 Å². The predicted molar refractivity (Wildman–Crippen MR) is 70.7 cm³/mol. The molecule has 4 N–H and O–H groups in total. The Labute approximate surface area is 109 Å². The fourth-order valence-corrected chi connectivity index (χ4v) is 1.61. The fourth-order valence-electron chi connectivity index (χ4n) is 1.45. The molecule has 0 spiro atoms. The topological polar surface area (TPSA) is 80.3 Å². The van der Waals surface area contributed by atoms with Crippen molar-refractivity contribution in [3.8, 4) is 0 Å². The molecule has 0 bridgehead atoms. The number of nitrogens with one attached hydrogen (secondary N) is 2. The van der Waals surface area contributed by atoms with Crippen LogP contribution in [0.4, 0.5) is 16.2 Å². The number of nitrogens with two attached hydrogens (primary N) is 1. The van der Waals surface area contributed by atoms with E-state index in [1.807, 2.05) is 12.1 Å². The van der Waals surface area contributed by atoms with Gasteiger partial charge in [0.15, 0.2) is 5.22 Å². The molecule has 0 radical (unpaired) electrons. The number of hydrogen-bond donors (Lipinski definition) is 3. The Morgan fingerprint density at radius 2 is 1.83 bits per heavy atom. The van der Waals surface area contributed by atoms with Crippen molar-refractivity contribution in [1.29, 1.82) is 0 Å². The summed E-state index contributed by atoms with van der Waals surface area (Å²) in [6.07, 6.45) is 0.